The Bertz CT molecular complexity index is 312. The van der Waals surface area contributed by atoms with Crippen LogP contribution in [0, 0.1) is 11.8 Å². The molecule has 1 N–H and O–H groups in total. The fourth-order valence-corrected chi connectivity index (χ4v) is 3.41. The van der Waals surface area contributed by atoms with Crippen molar-refractivity contribution in [3.8, 4) is 0 Å². The van der Waals surface area contributed by atoms with Crippen molar-refractivity contribution in [3.63, 3.8) is 0 Å². The summed E-state index contributed by atoms with van der Waals surface area (Å²) in [5, 5.41) is 3.61. The van der Waals surface area contributed by atoms with Crippen LogP contribution in [0.15, 0.2) is 22.8 Å². The van der Waals surface area contributed by atoms with E-state index in [-0.39, 0.29) is 0 Å². The molecule has 18 heavy (non-hydrogen) atoms. The van der Waals surface area contributed by atoms with Crippen LogP contribution in [0.3, 0.4) is 0 Å². The first-order valence-corrected chi connectivity index (χ1v) is 7.61. The molecule has 2 rings (SSSR count). The van der Waals surface area contributed by atoms with E-state index in [0.29, 0.717) is 6.04 Å². The van der Waals surface area contributed by atoms with Crippen LogP contribution in [0.1, 0.15) is 64.2 Å². The highest BCUT2D eigenvalue weighted by atomic mass is 16.3. The largest absolute Gasteiger partial charge is 0.468 e. The van der Waals surface area contributed by atoms with Gasteiger partial charge in [0.2, 0.25) is 0 Å². The van der Waals surface area contributed by atoms with Gasteiger partial charge >= 0.3 is 0 Å². The molecule has 2 heteroatoms. The van der Waals surface area contributed by atoms with Gasteiger partial charge < -0.3 is 9.73 Å². The quantitative estimate of drug-likeness (QED) is 0.801. The molecule has 0 spiro atoms. The summed E-state index contributed by atoms with van der Waals surface area (Å²) < 4.78 is 5.61. The molecule has 0 amide bonds. The molecule has 1 saturated carbocycles. The molecule has 1 fully saturated rings. The molecular formula is C16H27NO. The summed E-state index contributed by atoms with van der Waals surface area (Å²) in [6.45, 7) is 5.50. The standard InChI is InChI=1S/C16H27NO/c1-3-6-13-8-10-14(11-9-13)16(17-4-2)15-7-5-12-18-15/h5,7,12-14,16-17H,3-4,6,8-11H2,1-2H3. The number of furan rings is 1. The normalized spacial score (nSPS) is 26.1. The predicted molar refractivity (Wildman–Crippen MR) is 75.5 cm³/mol. The molecule has 1 unspecified atom stereocenters. The van der Waals surface area contributed by atoms with Crippen molar-refractivity contribution in [1.82, 2.24) is 5.32 Å². The van der Waals surface area contributed by atoms with Crippen molar-refractivity contribution in [3.05, 3.63) is 24.2 Å². The Morgan fingerprint density at radius 2 is 2.06 bits per heavy atom. The second-order valence-electron chi connectivity index (χ2n) is 5.62. The van der Waals surface area contributed by atoms with Gasteiger partial charge in [0.1, 0.15) is 5.76 Å². The minimum Gasteiger partial charge on any atom is -0.468 e. The Balaban J connectivity index is 1.92. The van der Waals surface area contributed by atoms with Crippen LogP contribution in [-0.4, -0.2) is 6.54 Å². The molecule has 1 aliphatic rings. The van der Waals surface area contributed by atoms with Gasteiger partial charge in [-0.05, 0) is 43.4 Å². The van der Waals surface area contributed by atoms with Crippen LogP contribution < -0.4 is 5.32 Å². The number of nitrogens with one attached hydrogen (secondary N) is 1. The summed E-state index contributed by atoms with van der Waals surface area (Å²) in [7, 11) is 0. The maximum atomic E-state index is 5.61. The molecule has 0 radical (unpaired) electrons. The molecule has 0 aliphatic heterocycles. The third kappa shape index (κ3) is 3.38. The average Bonchev–Trinajstić information content (AvgIpc) is 2.91. The number of hydrogen-bond donors (Lipinski definition) is 1. The van der Waals surface area contributed by atoms with Crippen molar-refractivity contribution < 1.29 is 4.42 Å². The number of hydrogen-bond acceptors (Lipinski definition) is 2. The van der Waals surface area contributed by atoms with E-state index >= 15 is 0 Å². The Kier molecular flexibility index (Phi) is 5.30. The van der Waals surface area contributed by atoms with Gasteiger partial charge in [-0.3, -0.25) is 0 Å². The first-order valence-electron chi connectivity index (χ1n) is 7.61. The van der Waals surface area contributed by atoms with E-state index in [2.05, 4.69) is 25.2 Å². The Labute approximate surface area is 111 Å². The lowest BCUT2D eigenvalue weighted by Gasteiger charge is -2.33. The summed E-state index contributed by atoms with van der Waals surface area (Å²) in [6, 6.07) is 4.54. The van der Waals surface area contributed by atoms with E-state index in [4.69, 9.17) is 4.42 Å². The number of rotatable bonds is 6. The van der Waals surface area contributed by atoms with Crippen LogP contribution in [0.25, 0.3) is 0 Å². The smallest absolute Gasteiger partial charge is 0.120 e. The zero-order chi connectivity index (χ0) is 12.8. The van der Waals surface area contributed by atoms with E-state index in [1.807, 2.05) is 6.07 Å². The molecule has 2 nitrogen and oxygen atoms in total. The summed E-state index contributed by atoms with van der Waals surface area (Å²) in [4.78, 5) is 0. The lowest BCUT2D eigenvalue weighted by Crippen LogP contribution is -2.30. The Hall–Kier alpha value is -0.760. The predicted octanol–water partition coefficient (Wildman–Crippen LogP) is 4.54. The fourth-order valence-electron chi connectivity index (χ4n) is 3.41. The van der Waals surface area contributed by atoms with Crippen LogP contribution in [-0.2, 0) is 0 Å². The highest BCUT2D eigenvalue weighted by Gasteiger charge is 2.29. The van der Waals surface area contributed by atoms with Gasteiger partial charge in [-0.15, -0.1) is 0 Å². The van der Waals surface area contributed by atoms with E-state index in [1.165, 1.54) is 38.5 Å². The van der Waals surface area contributed by atoms with Crippen LogP contribution in [0.4, 0.5) is 0 Å². The molecule has 0 aromatic carbocycles. The van der Waals surface area contributed by atoms with Crippen molar-refractivity contribution >= 4 is 0 Å². The molecule has 1 aromatic heterocycles. The van der Waals surface area contributed by atoms with Gasteiger partial charge in [-0.25, -0.2) is 0 Å². The molecule has 1 heterocycles. The monoisotopic (exact) mass is 249 g/mol. The molecule has 0 bridgehead atoms. The minimum absolute atomic E-state index is 0.424. The maximum Gasteiger partial charge on any atom is 0.120 e. The first kappa shape index (κ1) is 13.7. The summed E-state index contributed by atoms with van der Waals surface area (Å²) in [6.07, 6.45) is 10.1. The van der Waals surface area contributed by atoms with Gasteiger partial charge in [0.15, 0.2) is 0 Å². The summed E-state index contributed by atoms with van der Waals surface area (Å²) >= 11 is 0. The molecule has 0 saturated heterocycles. The van der Waals surface area contributed by atoms with Crippen molar-refractivity contribution in [2.24, 2.45) is 11.8 Å². The van der Waals surface area contributed by atoms with Gasteiger partial charge in [0.05, 0.1) is 12.3 Å². The Morgan fingerprint density at radius 1 is 1.28 bits per heavy atom. The summed E-state index contributed by atoms with van der Waals surface area (Å²) in [5.74, 6) is 2.85. The third-order valence-corrected chi connectivity index (χ3v) is 4.33. The lowest BCUT2D eigenvalue weighted by atomic mass is 9.76. The van der Waals surface area contributed by atoms with E-state index in [9.17, 15) is 0 Å². The molecule has 1 aromatic rings. The molecule has 1 aliphatic carbocycles. The SMILES string of the molecule is CCCC1CCC(C(NCC)c2ccco2)CC1. The topological polar surface area (TPSA) is 25.2 Å². The van der Waals surface area contributed by atoms with Gasteiger partial charge in [-0.1, -0.05) is 39.5 Å². The van der Waals surface area contributed by atoms with Gasteiger partial charge in [0.25, 0.3) is 0 Å². The van der Waals surface area contributed by atoms with Crippen LogP contribution in [0.2, 0.25) is 0 Å². The Morgan fingerprint density at radius 3 is 2.61 bits per heavy atom. The van der Waals surface area contributed by atoms with Gasteiger partial charge in [0, 0.05) is 0 Å². The van der Waals surface area contributed by atoms with Crippen molar-refractivity contribution in [2.45, 2.75) is 58.4 Å². The van der Waals surface area contributed by atoms with Gasteiger partial charge in [-0.2, -0.15) is 0 Å². The maximum absolute atomic E-state index is 5.61. The lowest BCUT2D eigenvalue weighted by molar-refractivity contribution is 0.200. The third-order valence-electron chi connectivity index (χ3n) is 4.33. The highest BCUT2D eigenvalue weighted by Crippen LogP contribution is 2.38. The molecular weight excluding hydrogens is 222 g/mol. The van der Waals surface area contributed by atoms with E-state index in [0.717, 1.165) is 24.1 Å². The van der Waals surface area contributed by atoms with E-state index in [1.54, 1.807) is 6.26 Å². The highest BCUT2D eigenvalue weighted by molar-refractivity contribution is 5.06. The second kappa shape index (κ2) is 6.98. The fraction of sp³-hybridized carbons (Fsp3) is 0.750. The average molecular weight is 249 g/mol. The zero-order valence-electron chi connectivity index (χ0n) is 11.8. The minimum atomic E-state index is 0.424. The zero-order valence-corrected chi connectivity index (χ0v) is 11.8. The second-order valence-corrected chi connectivity index (χ2v) is 5.62. The summed E-state index contributed by atoms with van der Waals surface area (Å²) in [5.41, 5.74) is 0. The van der Waals surface area contributed by atoms with Crippen molar-refractivity contribution in [2.75, 3.05) is 6.54 Å². The van der Waals surface area contributed by atoms with E-state index < -0.39 is 0 Å². The molecule has 102 valence electrons. The first-order chi connectivity index (χ1) is 8.85. The van der Waals surface area contributed by atoms with Crippen LogP contribution >= 0.6 is 0 Å². The van der Waals surface area contributed by atoms with Crippen molar-refractivity contribution in [1.29, 1.82) is 0 Å². The molecule has 1 atom stereocenters. The van der Waals surface area contributed by atoms with Crippen LogP contribution in [0.5, 0.6) is 0 Å².